The highest BCUT2D eigenvalue weighted by Gasteiger charge is 2.13. The number of nitrogens with zero attached hydrogens (tertiary/aromatic N) is 2. The van der Waals surface area contributed by atoms with Gasteiger partial charge in [-0.2, -0.15) is 9.36 Å². The van der Waals surface area contributed by atoms with Crippen molar-refractivity contribution in [2.75, 3.05) is 5.32 Å². The molecule has 104 valence electrons. The lowest BCUT2D eigenvalue weighted by Crippen LogP contribution is -2.12. The van der Waals surface area contributed by atoms with Gasteiger partial charge in [-0.25, -0.2) is 0 Å². The first kappa shape index (κ1) is 13.7. The van der Waals surface area contributed by atoms with Crippen molar-refractivity contribution in [3.05, 3.63) is 65.2 Å². The Morgan fingerprint density at radius 3 is 2.52 bits per heavy atom. The molecule has 6 heteroatoms. The van der Waals surface area contributed by atoms with Crippen LogP contribution in [0.3, 0.4) is 0 Å². The monoisotopic (exact) mass is 315 g/mol. The topological polar surface area (TPSA) is 54.9 Å². The van der Waals surface area contributed by atoms with Crippen LogP contribution in [0.2, 0.25) is 5.02 Å². The van der Waals surface area contributed by atoms with Crippen molar-refractivity contribution in [1.29, 1.82) is 0 Å². The van der Waals surface area contributed by atoms with E-state index in [1.54, 1.807) is 24.3 Å². The Hall–Kier alpha value is -2.24. The maximum absolute atomic E-state index is 12.1. The maximum atomic E-state index is 12.1. The highest BCUT2D eigenvalue weighted by molar-refractivity contribution is 7.10. The number of carbonyl (C=O) groups is 1. The van der Waals surface area contributed by atoms with Gasteiger partial charge >= 0.3 is 0 Å². The molecule has 2 aromatic carbocycles. The molecule has 1 N–H and O–H groups in total. The Bertz CT molecular complexity index is 773. The van der Waals surface area contributed by atoms with Crippen LogP contribution in [0.25, 0.3) is 11.4 Å². The Labute approximate surface area is 130 Å². The van der Waals surface area contributed by atoms with Gasteiger partial charge in [-0.3, -0.25) is 10.1 Å². The van der Waals surface area contributed by atoms with Crippen molar-refractivity contribution in [2.24, 2.45) is 0 Å². The summed E-state index contributed by atoms with van der Waals surface area (Å²) in [6.45, 7) is 0. The van der Waals surface area contributed by atoms with E-state index in [9.17, 15) is 4.79 Å². The lowest BCUT2D eigenvalue weighted by atomic mass is 10.2. The molecule has 0 radical (unpaired) electrons. The third kappa shape index (κ3) is 3.09. The Kier molecular flexibility index (Phi) is 3.94. The summed E-state index contributed by atoms with van der Waals surface area (Å²) in [4.78, 5) is 16.4. The molecule has 1 heterocycles. The smallest absolute Gasteiger partial charge is 0.258 e. The van der Waals surface area contributed by atoms with E-state index in [4.69, 9.17) is 11.6 Å². The lowest BCUT2D eigenvalue weighted by molar-refractivity contribution is 0.102. The van der Waals surface area contributed by atoms with Gasteiger partial charge in [-0.1, -0.05) is 54.1 Å². The molecule has 3 aromatic rings. The van der Waals surface area contributed by atoms with Crippen LogP contribution in [-0.4, -0.2) is 15.3 Å². The van der Waals surface area contributed by atoms with Gasteiger partial charge in [0.15, 0.2) is 5.82 Å². The lowest BCUT2D eigenvalue weighted by Gasteiger charge is -2.02. The standard InChI is InChI=1S/C15H10ClN3OS/c16-12-9-5-4-8-11(12)14(20)18-15-17-13(19-21-15)10-6-2-1-3-7-10/h1-9H,(H,17,18,19,20). The molecule has 0 bridgehead atoms. The summed E-state index contributed by atoms with van der Waals surface area (Å²) >= 11 is 7.13. The molecule has 0 saturated heterocycles. The Morgan fingerprint density at radius 2 is 1.76 bits per heavy atom. The summed E-state index contributed by atoms with van der Waals surface area (Å²) in [5.74, 6) is 0.298. The minimum absolute atomic E-state index is 0.295. The van der Waals surface area contributed by atoms with Crippen molar-refractivity contribution in [3.8, 4) is 11.4 Å². The van der Waals surface area contributed by atoms with Gasteiger partial charge in [-0.15, -0.1) is 0 Å². The van der Waals surface area contributed by atoms with Crippen molar-refractivity contribution in [1.82, 2.24) is 9.36 Å². The van der Waals surface area contributed by atoms with Crippen LogP contribution >= 0.6 is 23.1 Å². The SMILES string of the molecule is O=C(Nc1nc(-c2ccccc2)ns1)c1ccccc1Cl. The van der Waals surface area contributed by atoms with Crippen molar-refractivity contribution in [2.45, 2.75) is 0 Å². The highest BCUT2D eigenvalue weighted by atomic mass is 35.5. The summed E-state index contributed by atoms with van der Waals surface area (Å²) in [7, 11) is 0. The fourth-order valence-corrected chi connectivity index (χ4v) is 2.59. The molecule has 4 nitrogen and oxygen atoms in total. The van der Waals surface area contributed by atoms with Gasteiger partial charge in [0.25, 0.3) is 5.91 Å². The number of hydrogen-bond acceptors (Lipinski definition) is 4. The highest BCUT2D eigenvalue weighted by Crippen LogP contribution is 2.22. The van der Waals surface area contributed by atoms with Gasteiger partial charge in [-0.05, 0) is 12.1 Å². The van der Waals surface area contributed by atoms with Crippen LogP contribution in [0.4, 0.5) is 5.13 Å². The number of rotatable bonds is 3. The van der Waals surface area contributed by atoms with Crippen molar-refractivity contribution < 1.29 is 4.79 Å². The van der Waals surface area contributed by atoms with Crippen molar-refractivity contribution in [3.63, 3.8) is 0 Å². The second kappa shape index (κ2) is 6.03. The van der Waals surface area contributed by atoms with E-state index in [0.717, 1.165) is 17.1 Å². The third-order valence-corrected chi connectivity index (χ3v) is 3.76. The molecule has 0 saturated carbocycles. The summed E-state index contributed by atoms with van der Waals surface area (Å²) < 4.78 is 4.24. The number of benzene rings is 2. The number of hydrogen-bond donors (Lipinski definition) is 1. The van der Waals surface area contributed by atoms with Gasteiger partial charge in [0.2, 0.25) is 5.13 Å². The number of nitrogens with one attached hydrogen (secondary N) is 1. The first-order valence-corrected chi connectivity index (χ1v) is 7.34. The second-order valence-corrected chi connectivity index (χ2v) is 5.38. The number of carbonyl (C=O) groups excluding carboxylic acids is 1. The van der Waals surface area contributed by atoms with Gasteiger partial charge in [0, 0.05) is 17.1 Å². The van der Waals surface area contributed by atoms with Gasteiger partial charge in [0.05, 0.1) is 10.6 Å². The van der Waals surface area contributed by atoms with Crippen LogP contribution in [-0.2, 0) is 0 Å². The zero-order chi connectivity index (χ0) is 14.7. The maximum Gasteiger partial charge on any atom is 0.258 e. The summed E-state index contributed by atoms with van der Waals surface area (Å²) in [6.07, 6.45) is 0. The fourth-order valence-electron chi connectivity index (χ4n) is 1.79. The van der Waals surface area contributed by atoms with E-state index in [1.807, 2.05) is 30.3 Å². The summed E-state index contributed by atoms with van der Waals surface area (Å²) in [5.41, 5.74) is 1.32. The molecule has 1 aromatic heterocycles. The molecule has 1 amide bonds. The van der Waals surface area contributed by atoms with Crippen LogP contribution in [0.1, 0.15) is 10.4 Å². The zero-order valence-corrected chi connectivity index (χ0v) is 12.4. The predicted molar refractivity (Wildman–Crippen MR) is 84.8 cm³/mol. The Balaban J connectivity index is 1.79. The van der Waals surface area contributed by atoms with Gasteiger partial charge in [0.1, 0.15) is 0 Å². The normalized spacial score (nSPS) is 10.3. The second-order valence-electron chi connectivity index (χ2n) is 4.22. The number of halogens is 1. The van der Waals surface area contributed by atoms with Crippen LogP contribution < -0.4 is 5.32 Å². The van der Waals surface area contributed by atoms with Gasteiger partial charge < -0.3 is 0 Å². The number of amides is 1. The summed E-state index contributed by atoms with van der Waals surface area (Å²) in [6, 6.07) is 16.5. The molecule has 0 aliphatic rings. The van der Waals surface area contributed by atoms with E-state index >= 15 is 0 Å². The van der Waals surface area contributed by atoms with E-state index in [-0.39, 0.29) is 5.91 Å². The largest absolute Gasteiger partial charge is 0.297 e. The first-order chi connectivity index (χ1) is 10.2. The van der Waals surface area contributed by atoms with E-state index in [0.29, 0.717) is 21.5 Å². The molecule has 0 aliphatic carbocycles. The van der Waals surface area contributed by atoms with E-state index < -0.39 is 0 Å². The predicted octanol–water partition coefficient (Wildman–Crippen LogP) is 4.11. The van der Waals surface area contributed by atoms with Crippen LogP contribution in [0.5, 0.6) is 0 Å². The number of aromatic nitrogens is 2. The third-order valence-electron chi connectivity index (χ3n) is 2.80. The molecule has 0 aliphatic heterocycles. The molecule has 21 heavy (non-hydrogen) atoms. The molecular formula is C15H10ClN3OS. The molecule has 0 unspecified atom stereocenters. The molecule has 0 atom stereocenters. The minimum atomic E-state index is -0.295. The molecule has 3 rings (SSSR count). The molecule has 0 spiro atoms. The Morgan fingerprint density at radius 1 is 1.05 bits per heavy atom. The average molecular weight is 316 g/mol. The zero-order valence-electron chi connectivity index (χ0n) is 10.8. The fraction of sp³-hybridized carbons (Fsp3) is 0. The van der Waals surface area contributed by atoms with E-state index in [1.165, 1.54) is 0 Å². The summed E-state index contributed by atoms with van der Waals surface area (Å²) in [5, 5.41) is 3.56. The van der Waals surface area contributed by atoms with Crippen LogP contribution in [0.15, 0.2) is 54.6 Å². The van der Waals surface area contributed by atoms with E-state index in [2.05, 4.69) is 14.7 Å². The average Bonchev–Trinajstić information content (AvgIpc) is 2.97. The molecular weight excluding hydrogens is 306 g/mol. The first-order valence-electron chi connectivity index (χ1n) is 6.19. The molecule has 0 fully saturated rings. The van der Waals surface area contributed by atoms with Crippen LogP contribution in [0, 0.1) is 0 Å². The minimum Gasteiger partial charge on any atom is -0.297 e. The van der Waals surface area contributed by atoms with Crippen molar-refractivity contribution >= 4 is 34.2 Å². The number of anilines is 1. The quantitative estimate of drug-likeness (QED) is 0.791.